The number of hydrogen-bond donors (Lipinski definition) is 2. The molecule has 1 saturated carbocycles. The normalized spacial score (nSPS) is 13.5. The van der Waals surface area contributed by atoms with Gasteiger partial charge in [0, 0.05) is 13.0 Å². The molecule has 6 heteroatoms. The van der Waals surface area contributed by atoms with Crippen molar-refractivity contribution in [1.29, 1.82) is 0 Å². The summed E-state index contributed by atoms with van der Waals surface area (Å²) in [6.45, 7) is 41.1. The molecule has 0 heterocycles. The molecule has 282 valence electrons. The molecule has 47 heavy (non-hydrogen) atoms. The first kappa shape index (κ1) is 59.9. The highest BCUT2D eigenvalue weighted by atomic mass is 16.5. The predicted octanol–water partition coefficient (Wildman–Crippen LogP) is 11.6. The van der Waals surface area contributed by atoms with Gasteiger partial charge in [-0.3, -0.25) is 9.59 Å². The van der Waals surface area contributed by atoms with Crippen LogP contribution in [0.1, 0.15) is 161 Å². The lowest BCUT2D eigenvalue weighted by Gasteiger charge is -2.31. The summed E-state index contributed by atoms with van der Waals surface area (Å²) in [6.07, 6.45) is 17.1. The summed E-state index contributed by atoms with van der Waals surface area (Å²) in [5.41, 5.74) is 0.407. The van der Waals surface area contributed by atoms with Crippen molar-refractivity contribution in [3.05, 3.63) is 49.9 Å². The highest BCUT2D eigenvalue weighted by Gasteiger charge is 2.25. The Labute approximate surface area is 295 Å². The van der Waals surface area contributed by atoms with E-state index in [4.69, 9.17) is 9.84 Å². The Kier molecular flexibility index (Phi) is 61.1. The predicted molar refractivity (Wildman–Crippen MR) is 211 cm³/mol. The Bertz CT molecular complexity index is 703. The molecule has 0 bridgehead atoms. The Morgan fingerprint density at radius 3 is 1.70 bits per heavy atom. The monoisotopic (exact) mass is 670 g/mol. The zero-order valence-electron chi connectivity index (χ0n) is 34.1. The standard InChI is InChI=1S/C15H27NO2.C8H12O.C8H16O.C3H8.2C2H6.C2H4.CH4O/c1-5-14(18-15(2,3)4)16-13(11-17)12-9-7-6-8-10-12;1-4-5-7(2)8(3)6-9;1-4-5-6-7(2)8(3)9;1-3-2;4*1-2/h5,11-13,16H,6-10H2,1-4H3;4,6-7H,1,3,5H2,2H3;7H,4-6H2,1-3H3;3H2,1-2H3;2*1-2H3;1-2H2;2H,1H3. The van der Waals surface area contributed by atoms with Gasteiger partial charge < -0.3 is 20.0 Å². The van der Waals surface area contributed by atoms with Gasteiger partial charge in [0.25, 0.3) is 0 Å². The topological polar surface area (TPSA) is 92.7 Å². The van der Waals surface area contributed by atoms with Crippen LogP contribution < -0.4 is 5.32 Å². The van der Waals surface area contributed by atoms with Crippen molar-refractivity contribution in [1.82, 2.24) is 5.32 Å². The van der Waals surface area contributed by atoms with Gasteiger partial charge in [-0.25, -0.2) is 0 Å². The van der Waals surface area contributed by atoms with Gasteiger partial charge in [-0.1, -0.05) is 113 Å². The van der Waals surface area contributed by atoms with Crippen molar-refractivity contribution in [2.75, 3.05) is 7.11 Å². The molecule has 1 fully saturated rings. The maximum absolute atomic E-state index is 11.3. The van der Waals surface area contributed by atoms with E-state index in [0.29, 0.717) is 23.2 Å². The van der Waals surface area contributed by atoms with E-state index in [-0.39, 0.29) is 23.5 Å². The summed E-state index contributed by atoms with van der Waals surface area (Å²) >= 11 is 0. The molecule has 3 atom stereocenters. The van der Waals surface area contributed by atoms with Crippen LogP contribution in [0.15, 0.2) is 49.9 Å². The fraction of sp³-hybridized carbons (Fsp3) is 0.732. The van der Waals surface area contributed by atoms with Crippen molar-refractivity contribution in [2.45, 2.75) is 173 Å². The van der Waals surface area contributed by atoms with Crippen LogP contribution in [0.3, 0.4) is 0 Å². The van der Waals surface area contributed by atoms with Gasteiger partial charge in [-0.2, -0.15) is 0 Å². The first-order chi connectivity index (χ1) is 22.3. The number of unbranched alkanes of at least 4 members (excludes halogenated alkanes) is 1. The molecule has 0 saturated heterocycles. The third kappa shape index (κ3) is 48.0. The maximum atomic E-state index is 11.3. The average molecular weight is 670 g/mol. The number of aliphatic hydroxyl groups is 1. The number of Topliss-reactive ketones (excluding diaryl/α,β-unsaturated/α-hetero) is 1. The summed E-state index contributed by atoms with van der Waals surface area (Å²) in [6, 6.07) is -0.112. The molecule has 1 rings (SSSR count). The fourth-order valence-electron chi connectivity index (χ4n) is 3.65. The molecule has 0 aliphatic heterocycles. The van der Waals surface area contributed by atoms with Crippen molar-refractivity contribution in [2.24, 2.45) is 17.8 Å². The molecule has 6 nitrogen and oxygen atoms in total. The van der Waals surface area contributed by atoms with Gasteiger partial charge in [0.2, 0.25) is 0 Å². The Morgan fingerprint density at radius 2 is 1.40 bits per heavy atom. The fourth-order valence-corrected chi connectivity index (χ4v) is 3.65. The number of rotatable bonds is 13. The lowest BCUT2D eigenvalue weighted by molar-refractivity contribution is -0.120. The first-order valence-corrected chi connectivity index (χ1v) is 18.0. The van der Waals surface area contributed by atoms with Crippen LogP contribution in [-0.4, -0.2) is 42.2 Å². The third-order valence-electron chi connectivity index (χ3n) is 6.28. The number of carbonyl (C=O) groups excluding carboxylic acids is 3. The molecule has 0 amide bonds. The van der Waals surface area contributed by atoms with Gasteiger partial charge in [0.1, 0.15) is 24.0 Å². The van der Waals surface area contributed by atoms with Gasteiger partial charge in [-0.05, 0) is 83.8 Å². The van der Waals surface area contributed by atoms with Crippen molar-refractivity contribution >= 4 is 18.4 Å². The van der Waals surface area contributed by atoms with Gasteiger partial charge in [0.15, 0.2) is 5.88 Å². The number of ether oxygens (including phenoxy) is 1. The van der Waals surface area contributed by atoms with E-state index in [1.807, 2.05) is 75.3 Å². The number of aliphatic hydroxyl groups excluding tert-OH is 1. The van der Waals surface area contributed by atoms with E-state index >= 15 is 0 Å². The molecular weight excluding hydrogens is 586 g/mol. The number of nitrogens with one attached hydrogen (secondary N) is 1. The smallest absolute Gasteiger partial charge is 0.183 e. The largest absolute Gasteiger partial charge is 0.474 e. The van der Waals surface area contributed by atoms with Crippen LogP contribution in [0.25, 0.3) is 0 Å². The summed E-state index contributed by atoms with van der Waals surface area (Å²) in [5.74, 6) is 2.02. The highest BCUT2D eigenvalue weighted by molar-refractivity contribution is 5.77. The number of ketones is 1. The summed E-state index contributed by atoms with van der Waals surface area (Å²) in [5, 5.41) is 10.3. The van der Waals surface area contributed by atoms with E-state index in [2.05, 4.69) is 52.4 Å². The minimum Gasteiger partial charge on any atom is -0.474 e. The molecule has 2 N–H and O–H groups in total. The second-order valence-corrected chi connectivity index (χ2v) is 11.6. The van der Waals surface area contributed by atoms with Crippen molar-refractivity contribution < 1.29 is 24.2 Å². The third-order valence-corrected chi connectivity index (χ3v) is 6.28. The molecular formula is C41H83NO5. The van der Waals surface area contributed by atoms with Crippen LogP contribution in [0.4, 0.5) is 0 Å². The number of aldehydes is 2. The molecule has 0 spiro atoms. The zero-order valence-corrected chi connectivity index (χ0v) is 34.1. The molecule has 1 aliphatic carbocycles. The van der Waals surface area contributed by atoms with Crippen LogP contribution in [0, 0.1) is 17.8 Å². The van der Waals surface area contributed by atoms with E-state index < -0.39 is 0 Å². The average Bonchev–Trinajstić information content (AvgIpc) is 3.09. The SMILES string of the molecule is C=C.C=CCC(C)C(=C)C=O.CC.CC.CC=C(NC(C=O)C1CCCCC1)OC(C)(C)C.CCC.CCCCC(C)C(C)=O.CO. The van der Waals surface area contributed by atoms with Crippen molar-refractivity contribution in [3.8, 4) is 0 Å². The molecule has 1 aliphatic rings. The highest BCUT2D eigenvalue weighted by Crippen LogP contribution is 2.26. The van der Waals surface area contributed by atoms with E-state index in [9.17, 15) is 14.4 Å². The van der Waals surface area contributed by atoms with E-state index in [1.54, 1.807) is 13.0 Å². The molecule has 3 unspecified atom stereocenters. The second kappa shape index (κ2) is 47.9. The Hall–Kier alpha value is -2.47. The van der Waals surface area contributed by atoms with Crippen molar-refractivity contribution in [3.63, 3.8) is 0 Å². The van der Waals surface area contributed by atoms with E-state index in [1.165, 1.54) is 38.5 Å². The minimum atomic E-state index is -0.241. The quantitative estimate of drug-likeness (QED) is 0.0877. The van der Waals surface area contributed by atoms with E-state index in [0.717, 1.165) is 45.4 Å². The van der Waals surface area contributed by atoms with Gasteiger partial charge in [0.05, 0.1) is 6.04 Å². The lowest BCUT2D eigenvalue weighted by atomic mass is 9.84. The minimum absolute atomic E-state index is 0.112. The Balaban J connectivity index is -0.0000000941. The second-order valence-electron chi connectivity index (χ2n) is 11.6. The number of carbonyl (C=O) groups is 3. The molecule has 0 aromatic heterocycles. The zero-order chi connectivity index (χ0) is 38.9. The molecule has 0 aromatic rings. The molecule has 0 aromatic carbocycles. The maximum Gasteiger partial charge on any atom is 0.183 e. The number of allylic oxidation sites excluding steroid dienone is 3. The van der Waals surface area contributed by atoms with Crippen LogP contribution in [-0.2, 0) is 19.1 Å². The van der Waals surface area contributed by atoms with Crippen LogP contribution >= 0.6 is 0 Å². The summed E-state index contributed by atoms with van der Waals surface area (Å²) in [7, 11) is 1.00. The summed E-state index contributed by atoms with van der Waals surface area (Å²) < 4.78 is 5.80. The van der Waals surface area contributed by atoms with Crippen LogP contribution in [0.2, 0.25) is 0 Å². The Morgan fingerprint density at radius 1 is 0.957 bits per heavy atom. The first-order valence-electron chi connectivity index (χ1n) is 18.0. The summed E-state index contributed by atoms with van der Waals surface area (Å²) in [4.78, 5) is 32.0. The van der Waals surface area contributed by atoms with Gasteiger partial charge in [-0.15, -0.1) is 19.7 Å². The van der Waals surface area contributed by atoms with Gasteiger partial charge >= 0.3 is 0 Å². The lowest BCUT2D eigenvalue weighted by Crippen LogP contribution is -2.40. The molecule has 0 radical (unpaired) electrons. The van der Waals surface area contributed by atoms with Crippen LogP contribution in [0.5, 0.6) is 0 Å². The number of hydrogen-bond acceptors (Lipinski definition) is 6.